The molecule has 1 unspecified atom stereocenters. The summed E-state index contributed by atoms with van der Waals surface area (Å²) >= 11 is 0. The second kappa shape index (κ2) is 8.51. The van der Waals surface area contributed by atoms with Crippen LogP contribution in [0.4, 0.5) is 0 Å². The SMILES string of the molecule is COC(=O)C(C)(CN(C)CCCN(C)C)NC(C)C. The minimum Gasteiger partial charge on any atom is -0.468 e. The van der Waals surface area contributed by atoms with E-state index in [4.69, 9.17) is 4.74 Å². The number of rotatable bonds is 9. The van der Waals surface area contributed by atoms with Gasteiger partial charge in [-0.15, -0.1) is 0 Å². The molecule has 0 aromatic rings. The molecule has 5 nitrogen and oxygen atoms in total. The van der Waals surface area contributed by atoms with E-state index in [1.807, 2.05) is 27.8 Å². The fourth-order valence-electron chi connectivity index (χ4n) is 2.31. The maximum Gasteiger partial charge on any atom is 0.327 e. The predicted octanol–water partition coefficient (Wildman–Crippen LogP) is 0.800. The Morgan fingerprint density at radius 1 is 1.26 bits per heavy atom. The van der Waals surface area contributed by atoms with Crippen LogP contribution in [-0.4, -0.2) is 75.2 Å². The van der Waals surface area contributed by atoms with Gasteiger partial charge in [-0.3, -0.25) is 10.1 Å². The maximum absolute atomic E-state index is 12.0. The van der Waals surface area contributed by atoms with Gasteiger partial charge >= 0.3 is 5.97 Å². The van der Waals surface area contributed by atoms with Crippen molar-refractivity contribution in [3.8, 4) is 0 Å². The van der Waals surface area contributed by atoms with Crippen LogP contribution in [0.5, 0.6) is 0 Å². The van der Waals surface area contributed by atoms with Crippen LogP contribution in [0.15, 0.2) is 0 Å². The third kappa shape index (κ3) is 7.50. The standard InChI is InChI=1S/C14H31N3O2/c1-12(2)15-14(3,13(18)19-7)11-17(6)10-8-9-16(4)5/h12,15H,8-11H2,1-7H3. The normalized spacial score (nSPS) is 15.1. The Balaban J connectivity index is 4.43. The first-order valence-corrected chi connectivity index (χ1v) is 6.90. The van der Waals surface area contributed by atoms with Crippen molar-refractivity contribution in [2.45, 2.75) is 38.8 Å². The Hall–Kier alpha value is -0.650. The lowest BCUT2D eigenvalue weighted by atomic mass is 10.0. The van der Waals surface area contributed by atoms with Gasteiger partial charge in [-0.2, -0.15) is 0 Å². The van der Waals surface area contributed by atoms with E-state index in [9.17, 15) is 4.79 Å². The van der Waals surface area contributed by atoms with Gasteiger partial charge < -0.3 is 14.5 Å². The van der Waals surface area contributed by atoms with Gasteiger partial charge in [0.05, 0.1) is 7.11 Å². The van der Waals surface area contributed by atoms with Crippen molar-refractivity contribution in [3.05, 3.63) is 0 Å². The molecule has 0 spiro atoms. The molecule has 0 amide bonds. The summed E-state index contributed by atoms with van der Waals surface area (Å²) in [6.45, 7) is 8.63. The lowest BCUT2D eigenvalue weighted by molar-refractivity contribution is -0.149. The summed E-state index contributed by atoms with van der Waals surface area (Å²) in [5, 5.41) is 3.31. The van der Waals surface area contributed by atoms with Crippen LogP contribution < -0.4 is 5.32 Å². The van der Waals surface area contributed by atoms with E-state index in [0.29, 0.717) is 6.54 Å². The summed E-state index contributed by atoms with van der Waals surface area (Å²) in [7, 11) is 7.62. The highest BCUT2D eigenvalue weighted by atomic mass is 16.5. The van der Waals surface area contributed by atoms with Crippen molar-refractivity contribution < 1.29 is 9.53 Å². The minimum absolute atomic E-state index is 0.208. The summed E-state index contributed by atoms with van der Waals surface area (Å²) in [5.41, 5.74) is -0.657. The molecular formula is C14H31N3O2. The zero-order valence-corrected chi connectivity index (χ0v) is 13.6. The highest BCUT2D eigenvalue weighted by Crippen LogP contribution is 2.10. The van der Waals surface area contributed by atoms with Crippen LogP contribution >= 0.6 is 0 Å². The average molecular weight is 273 g/mol. The smallest absolute Gasteiger partial charge is 0.327 e. The van der Waals surface area contributed by atoms with E-state index in [1.165, 1.54) is 7.11 Å². The molecule has 0 saturated heterocycles. The average Bonchev–Trinajstić information content (AvgIpc) is 2.25. The molecule has 1 N–H and O–H groups in total. The fraction of sp³-hybridized carbons (Fsp3) is 0.929. The molecule has 0 aromatic carbocycles. The summed E-state index contributed by atoms with van der Waals surface area (Å²) in [6, 6.07) is 0.235. The number of esters is 1. The van der Waals surface area contributed by atoms with E-state index < -0.39 is 5.54 Å². The van der Waals surface area contributed by atoms with Crippen LogP contribution in [0.25, 0.3) is 0 Å². The number of nitrogens with zero attached hydrogens (tertiary/aromatic N) is 2. The lowest BCUT2D eigenvalue weighted by Gasteiger charge is -2.34. The molecule has 0 heterocycles. The molecule has 114 valence electrons. The number of carbonyl (C=O) groups is 1. The number of hydrogen-bond acceptors (Lipinski definition) is 5. The van der Waals surface area contributed by atoms with Gasteiger partial charge in [0.15, 0.2) is 0 Å². The van der Waals surface area contributed by atoms with Crippen LogP contribution in [0.1, 0.15) is 27.2 Å². The summed E-state index contributed by atoms with van der Waals surface area (Å²) in [4.78, 5) is 16.3. The first-order valence-electron chi connectivity index (χ1n) is 6.90. The van der Waals surface area contributed by atoms with Crippen molar-refractivity contribution in [2.75, 3.05) is 47.9 Å². The number of carbonyl (C=O) groups excluding carboxylic acids is 1. The first kappa shape index (κ1) is 18.4. The van der Waals surface area contributed by atoms with Crippen molar-refractivity contribution in [2.24, 2.45) is 0 Å². The van der Waals surface area contributed by atoms with E-state index in [0.717, 1.165) is 19.5 Å². The Morgan fingerprint density at radius 3 is 2.26 bits per heavy atom. The molecule has 0 aromatic heterocycles. The van der Waals surface area contributed by atoms with Crippen molar-refractivity contribution >= 4 is 5.97 Å². The monoisotopic (exact) mass is 273 g/mol. The molecule has 0 bridgehead atoms. The first-order chi connectivity index (χ1) is 8.71. The van der Waals surface area contributed by atoms with Crippen molar-refractivity contribution in [1.82, 2.24) is 15.1 Å². The summed E-state index contributed by atoms with van der Waals surface area (Å²) in [6.07, 6.45) is 1.09. The quantitative estimate of drug-likeness (QED) is 0.630. The zero-order chi connectivity index (χ0) is 15.1. The largest absolute Gasteiger partial charge is 0.468 e. The van der Waals surface area contributed by atoms with Gasteiger partial charge in [-0.05, 0) is 61.4 Å². The molecule has 19 heavy (non-hydrogen) atoms. The Labute approximate surface area is 118 Å². The predicted molar refractivity (Wildman–Crippen MR) is 79.4 cm³/mol. The van der Waals surface area contributed by atoms with Crippen molar-refractivity contribution in [1.29, 1.82) is 0 Å². The molecule has 0 aliphatic rings. The fourth-order valence-corrected chi connectivity index (χ4v) is 2.31. The molecule has 5 heteroatoms. The number of methoxy groups -OCH3 is 1. The Kier molecular flexibility index (Phi) is 8.22. The summed E-state index contributed by atoms with van der Waals surface area (Å²) in [5.74, 6) is -0.208. The van der Waals surface area contributed by atoms with Crippen LogP contribution in [0.2, 0.25) is 0 Å². The van der Waals surface area contributed by atoms with Gasteiger partial charge in [0.2, 0.25) is 0 Å². The van der Waals surface area contributed by atoms with Crippen LogP contribution in [0.3, 0.4) is 0 Å². The number of nitrogens with one attached hydrogen (secondary N) is 1. The number of ether oxygens (including phenoxy) is 1. The Bertz CT molecular complexity index is 269. The second-order valence-corrected chi connectivity index (χ2v) is 6.02. The summed E-state index contributed by atoms with van der Waals surface area (Å²) < 4.78 is 4.92. The van der Waals surface area contributed by atoms with Crippen LogP contribution in [-0.2, 0) is 9.53 Å². The van der Waals surface area contributed by atoms with E-state index in [2.05, 4.69) is 29.2 Å². The van der Waals surface area contributed by atoms with Gasteiger partial charge in [0, 0.05) is 12.6 Å². The highest BCUT2D eigenvalue weighted by molar-refractivity contribution is 5.80. The molecule has 0 rings (SSSR count). The minimum atomic E-state index is -0.657. The molecule has 0 fully saturated rings. The topological polar surface area (TPSA) is 44.8 Å². The number of likely N-dealkylation sites (N-methyl/N-ethyl adjacent to an activating group) is 1. The maximum atomic E-state index is 12.0. The Morgan fingerprint density at radius 2 is 1.84 bits per heavy atom. The van der Waals surface area contributed by atoms with E-state index in [1.54, 1.807) is 0 Å². The highest BCUT2D eigenvalue weighted by Gasteiger charge is 2.35. The van der Waals surface area contributed by atoms with Gasteiger partial charge in [-0.1, -0.05) is 0 Å². The third-order valence-corrected chi connectivity index (χ3v) is 2.97. The lowest BCUT2D eigenvalue weighted by Crippen LogP contribution is -2.59. The van der Waals surface area contributed by atoms with Gasteiger partial charge in [0.25, 0.3) is 0 Å². The molecular weight excluding hydrogens is 242 g/mol. The third-order valence-electron chi connectivity index (χ3n) is 2.97. The zero-order valence-electron chi connectivity index (χ0n) is 13.6. The van der Waals surface area contributed by atoms with E-state index in [-0.39, 0.29) is 12.0 Å². The molecule has 0 aliphatic carbocycles. The molecule has 1 atom stereocenters. The van der Waals surface area contributed by atoms with Gasteiger partial charge in [0.1, 0.15) is 5.54 Å². The van der Waals surface area contributed by atoms with Gasteiger partial charge in [-0.25, -0.2) is 0 Å². The molecule has 0 radical (unpaired) electrons. The van der Waals surface area contributed by atoms with E-state index >= 15 is 0 Å². The van der Waals surface area contributed by atoms with Crippen LogP contribution in [0, 0.1) is 0 Å². The number of hydrogen-bond donors (Lipinski definition) is 1. The molecule has 0 aliphatic heterocycles. The second-order valence-electron chi connectivity index (χ2n) is 6.02. The van der Waals surface area contributed by atoms with Crippen molar-refractivity contribution in [3.63, 3.8) is 0 Å². The molecule has 0 saturated carbocycles.